The van der Waals surface area contributed by atoms with E-state index < -0.39 is 11.6 Å². The van der Waals surface area contributed by atoms with Gasteiger partial charge in [-0.05, 0) is 43.3 Å². The van der Waals surface area contributed by atoms with Crippen LogP contribution in [0.2, 0.25) is 0 Å². The highest BCUT2D eigenvalue weighted by atomic mass is 19.1. The molecule has 0 saturated heterocycles. The number of amides is 1. The molecule has 1 N–H and O–H groups in total. The lowest BCUT2D eigenvalue weighted by molar-refractivity contribution is -0.116. The molecule has 0 spiro atoms. The average Bonchev–Trinajstić information content (AvgIpc) is 2.54. The predicted molar refractivity (Wildman–Crippen MR) is 85.0 cm³/mol. The van der Waals surface area contributed by atoms with Crippen LogP contribution in [0.4, 0.5) is 14.5 Å². The number of carbonyl (C=O) groups is 1. The van der Waals surface area contributed by atoms with Gasteiger partial charge in [0, 0.05) is 38.0 Å². The normalized spacial score (nSPS) is 10.8. The molecule has 1 aromatic carbocycles. The van der Waals surface area contributed by atoms with Crippen molar-refractivity contribution in [2.75, 3.05) is 25.5 Å². The molecule has 0 saturated carbocycles. The van der Waals surface area contributed by atoms with Gasteiger partial charge in [0.25, 0.3) is 0 Å². The lowest BCUT2D eigenvalue weighted by Crippen LogP contribution is -2.26. The van der Waals surface area contributed by atoms with Crippen LogP contribution < -0.4 is 5.32 Å². The van der Waals surface area contributed by atoms with E-state index in [4.69, 9.17) is 0 Å². The van der Waals surface area contributed by atoms with Crippen molar-refractivity contribution in [1.82, 2.24) is 9.88 Å². The second-order valence-corrected chi connectivity index (χ2v) is 5.33. The van der Waals surface area contributed by atoms with Gasteiger partial charge in [0.1, 0.15) is 11.6 Å². The summed E-state index contributed by atoms with van der Waals surface area (Å²) in [5.74, 6) is -1.74. The van der Waals surface area contributed by atoms with Crippen molar-refractivity contribution in [2.45, 2.75) is 12.8 Å². The van der Waals surface area contributed by atoms with Crippen molar-refractivity contribution in [3.63, 3.8) is 0 Å². The Morgan fingerprint density at radius 2 is 1.91 bits per heavy atom. The zero-order valence-electron chi connectivity index (χ0n) is 12.9. The van der Waals surface area contributed by atoms with Gasteiger partial charge in [-0.1, -0.05) is 0 Å². The smallest absolute Gasteiger partial charge is 0.225 e. The summed E-state index contributed by atoms with van der Waals surface area (Å²) in [5.41, 5.74) is 1.18. The van der Waals surface area contributed by atoms with Gasteiger partial charge in [0.2, 0.25) is 5.91 Å². The Morgan fingerprint density at radius 3 is 2.61 bits per heavy atom. The van der Waals surface area contributed by atoms with Gasteiger partial charge in [-0.25, -0.2) is 8.78 Å². The summed E-state index contributed by atoms with van der Waals surface area (Å²) in [7, 11) is 1.92. The fraction of sp³-hybridized carbons (Fsp3) is 0.294. The van der Waals surface area contributed by atoms with E-state index in [1.807, 2.05) is 24.1 Å². The Bertz CT molecular complexity index is 650. The van der Waals surface area contributed by atoms with Crippen molar-refractivity contribution < 1.29 is 13.6 Å². The molecule has 0 atom stereocenters. The van der Waals surface area contributed by atoms with E-state index in [0.717, 1.165) is 25.1 Å². The summed E-state index contributed by atoms with van der Waals surface area (Å²) in [4.78, 5) is 17.8. The average molecular weight is 319 g/mol. The van der Waals surface area contributed by atoms with Crippen LogP contribution in [0, 0.1) is 11.6 Å². The highest BCUT2D eigenvalue weighted by molar-refractivity contribution is 5.90. The van der Waals surface area contributed by atoms with Crippen LogP contribution in [0.25, 0.3) is 0 Å². The molecule has 2 rings (SSSR count). The van der Waals surface area contributed by atoms with Crippen LogP contribution >= 0.6 is 0 Å². The summed E-state index contributed by atoms with van der Waals surface area (Å²) in [6, 6.07) is 6.99. The third-order valence-electron chi connectivity index (χ3n) is 3.46. The maximum Gasteiger partial charge on any atom is 0.225 e. The molecular formula is C17H19F2N3O. The van der Waals surface area contributed by atoms with E-state index >= 15 is 0 Å². The molecule has 122 valence electrons. The first-order valence-corrected chi connectivity index (χ1v) is 7.37. The molecule has 0 bridgehead atoms. The standard InChI is InChI=1S/C17H19F2N3O/c1-22(10-6-13-4-8-20-9-5-13)11-7-17(23)21-16-3-2-14(18)12-15(16)19/h2-5,8-9,12H,6-7,10-11H2,1H3,(H,21,23). The van der Waals surface area contributed by atoms with Gasteiger partial charge in [0.15, 0.2) is 0 Å². The topological polar surface area (TPSA) is 45.2 Å². The number of pyridine rings is 1. The molecule has 0 aliphatic heterocycles. The SMILES string of the molecule is CN(CCC(=O)Nc1ccc(F)cc1F)CCc1ccncc1. The molecule has 23 heavy (non-hydrogen) atoms. The van der Waals surface area contributed by atoms with E-state index in [1.54, 1.807) is 12.4 Å². The quantitative estimate of drug-likeness (QED) is 0.853. The van der Waals surface area contributed by atoms with Crippen LogP contribution in [-0.2, 0) is 11.2 Å². The molecule has 0 radical (unpaired) electrons. The molecule has 1 aromatic heterocycles. The first-order valence-electron chi connectivity index (χ1n) is 7.37. The van der Waals surface area contributed by atoms with Crippen molar-refractivity contribution >= 4 is 11.6 Å². The minimum Gasteiger partial charge on any atom is -0.324 e. The minimum absolute atomic E-state index is 0.00385. The van der Waals surface area contributed by atoms with Crippen LogP contribution in [0.15, 0.2) is 42.7 Å². The number of likely N-dealkylation sites (N-methyl/N-ethyl adjacent to an activating group) is 1. The molecule has 1 amide bonds. The first kappa shape index (κ1) is 17.0. The Hall–Kier alpha value is -2.34. The second-order valence-electron chi connectivity index (χ2n) is 5.33. The van der Waals surface area contributed by atoms with Crippen molar-refractivity contribution in [3.05, 3.63) is 59.9 Å². The Morgan fingerprint density at radius 1 is 1.17 bits per heavy atom. The van der Waals surface area contributed by atoms with Crippen LogP contribution in [0.3, 0.4) is 0 Å². The van der Waals surface area contributed by atoms with Crippen molar-refractivity contribution in [3.8, 4) is 0 Å². The molecule has 0 aliphatic carbocycles. The molecule has 1 heterocycles. The molecule has 0 aliphatic rings. The number of rotatable bonds is 7. The number of benzene rings is 1. The molecule has 0 unspecified atom stereocenters. The van der Waals surface area contributed by atoms with Gasteiger partial charge in [-0.3, -0.25) is 9.78 Å². The summed E-state index contributed by atoms with van der Waals surface area (Å²) in [6.45, 7) is 1.36. The number of anilines is 1. The number of halogens is 2. The van der Waals surface area contributed by atoms with E-state index in [2.05, 4.69) is 10.3 Å². The van der Waals surface area contributed by atoms with Gasteiger partial charge in [-0.15, -0.1) is 0 Å². The monoisotopic (exact) mass is 319 g/mol. The molecule has 0 fully saturated rings. The lowest BCUT2D eigenvalue weighted by atomic mass is 10.2. The maximum absolute atomic E-state index is 13.4. The maximum atomic E-state index is 13.4. The number of nitrogens with one attached hydrogen (secondary N) is 1. The molecule has 4 nitrogen and oxygen atoms in total. The van der Waals surface area contributed by atoms with Gasteiger partial charge < -0.3 is 10.2 Å². The van der Waals surface area contributed by atoms with Crippen LogP contribution in [-0.4, -0.2) is 35.9 Å². The number of hydrogen-bond acceptors (Lipinski definition) is 3. The fourth-order valence-corrected chi connectivity index (χ4v) is 2.08. The third-order valence-corrected chi connectivity index (χ3v) is 3.46. The third kappa shape index (κ3) is 5.75. The van der Waals surface area contributed by atoms with E-state index in [-0.39, 0.29) is 18.0 Å². The highest BCUT2D eigenvalue weighted by Gasteiger charge is 2.09. The number of carbonyl (C=O) groups excluding carboxylic acids is 1. The summed E-state index contributed by atoms with van der Waals surface area (Å²) < 4.78 is 26.2. The fourth-order valence-electron chi connectivity index (χ4n) is 2.08. The van der Waals surface area contributed by atoms with Crippen LogP contribution in [0.1, 0.15) is 12.0 Å². The zero-order chi connectivity index (χ0) is 16.7. The largest absolute Gasteiger partial charge is 0.324 e. The van der Waals surface area contributed by atoms with E-state index in [9.17, 15) is 13.6 Å². The Labute approximate surface area is 134 Å². The minimum atomic E-state index is -0.774. The van der Waals surface area contributed by atoms with Gasteiger partial charge >= 0.3 is 0 Å². The first-order chi connectivity index (χ1) is 11.0. The van der Waals surface area contributed by atoms with E-state index in [0.29, 0.717) is 6.54 Å². The highest BCUT2D eigenvalue weighted by Crippen LogP contribution is 2.15. The van der Waals surface area contributed by atoms with Gasteiger partial charge in [-0.2, -0.15) is 0 Å². The molecule has 6 heteroatoms. The predicted octanol–water partition coefficient (Wildman–Crippen LogP) is 2.86. The molecular weight excluding hydrogens is 300 g/mol. The Balaban J connectivity index is 1.73. The Kier molecular flexibility index (Phi) is 6.17. The van der Waals surface area contributed by atoms with Crippen LogP contribution in [0.5, 0.6) is 0 Å². The second kappa shape index (κ2) is 8.33. The molecule has 2 aromatic rings. The van der Waals surface area contributed by atoms with Crippen molar-refractivity contribution in [2.24, 2.45) is 0 Å². The van der Waals surface area contributed by atoms with E-state index in [1.165, 1.54) is 11.6 Å². The summed E-state index contributed by atoms with van der Waals surface area (Å²) in [5, 5.41) is 2.45. The number of hydrogen-bond donors (Lipinski definition) is 1. The lowest BCUT2D eigenvalue weighted by Gasteiger charge is -2.16. The van der Waals surface area contributed by atoms with Gasteiger partial charge in [0.05, 0.1) is 5.69 Å². The number of nitrogens with zero attached hydrogens (tertiary/aromatic N) is 2. The summed E-state index contributed by atoms with van der Waals surface area (Å²) >= 11 is 0. The van der Waals surface area contributed by atoms with Crippen molar-refractivity contribution in [1.29, 1.82) is 0 Å². The number of aromatic nitrogens is 1. The summed E-state index contributed by atoms with van der Waals surface area (Å²) in [6.07, 6.45) is 4.61. The zero-order valence-corrected chi connectivity index (χ0v) is 12.9.